The highest BCUT2D eigenvalue weighted by Crippen LogP contribution is 2.18. The Kier molecular flexibility index (Phi) is 4.83. The number of carbonyl (C=O) groups excluding carboxylic acids is 1. The van der Waals surface area contributed by atoms with Crippen molar-refractivity contribution in [2.75, 3.05) is 37.6 Å². The Morgan fingerprint density at radius 3 is 2.29 bits per heavy atom. The topological polar surface area (TPSA) is 35.6 Å². The molecular weight excluding hydrogens is 269 g/mol. The number of rotatable bonds is 4. The molecule has 5 heteroatoms. The Hall–Kier alpha value is -1.62. The average molecular weight is 293 g/mol. The van der Waals surface area contributed by atoms with Gasteiger partial charge in [-0.2, -0.15) is 0 Å². The van der Waals surface area contributed by atoms with E-state index in [1.807, 2.05) is 25.7 Å². The van der Waals surface area contributed by atoms with Crippen LogP contribution in [0.15, 0.2) is 24.3 Å². The maximum atomic E-state index is 12.9. The zero-order valence-electron chi connectivity index (χ0n) is 13.0. The Balaban J connectivity index is 1.94. The van der Waals surface area contributed by atoms with E-state index in [2.05, 4.69) is 10.2 Å². The second kappa shape index (κ2) is 6.43. The number of likely N-dealkylation sites (N-methyl/N-ethyl adjacent to an activating group) is 1. The molecule has 1 aromatic rings. The van der Waals surface area contributed by atoms with Crippen LogP contribution in [0.5, 0.6) is 0 Å². The van der Waals surface area contributed by atoms with Gasteiger partial charge in [-0.05, 0) is 44.7 Å². The summed E-state index contributed by atoms with van der Waals surface area (Å²) in [4.78, 5) is 16.6. The smallest absolute Gasteiger partial charge is 0.242 e. The molecule has 116 valence electrons. The van der Waals surface area contributed by atoms with Crippen LogP contribution in [0.25, 0.3) is 0 Å². The molecule has 0 radical (unpaired) electrons. The summed E-state index contributed by atoms with van der Waals surface area (Å²) in [5.41, 5.74) is 0.488. The van der Waals surface area contributed by atoms with Crippen molar-refractivity contribution < 1.29 is 9.18 Å². The molecule has 21 heavy (non-hydrogen) atoms. The van der Waals surface area contributed by atoms with Gasteiger partial charge in [0.15, 0.2) is 0 Å². The fraction of sp³-hybridized carbons (Fsp3) is 0.562. The molecule has 1 N–H and O–H groups in total. The summed E-state index contributed by atoms with van der Waals surface area (Å²) in [6, 6.07) is 6.52. The fourth-order valence-electron chi connectivity index (χ4n) is 2.73. The highest BCUT2D eigenvalue weighted by molar-refractivity contribution is 5.85. The maximum absolute atomic E-state index is 12.9. The maximum Gasteiger partial charge on any atom is 0.242 e. The standard InChI is InChI=1S/C16H24FN3O/c1-4-18-16(2,3)15(21)20-11-9-19(10-12-20)14-7-5-13(17)6-8-14/h5-8,18H,4,9-12H2,1-3H3. The molecule has 4 nitrogen and oxygen atoms in total. The summed E-state index contributed by atoms with van der Waals surface area (Å²) >= 11 is 0. The molecule has 0 unspecified atom stereocenters. The van der Waals surface area contributed by atoms with Gasteiger partial charge >= 0.3 is 0 Å². The molecule has 1 aliphatic rings. The third-order valence-electron chi connectivity index (χ3n) is 3.91. The SMILES string of the molecule is CCNC(C)(C)C(=O)N1CCN(c2ccc(F)cc2)CC1. The molecule has 2 rings (SSSR count). The first-order valence-electron chi connectivity index (χ1n) is 7.49. The van der Waals surface area contributed by atoms with E-state index in [0.717, 1.165) is 25.3 Å². The quantitative estimate of drug-likeness (QED) is 0.920. The normalized spacial score (nSPS) is 16.2. The van der Waals surface area contributed by atoms with E-state index >= 15 is 0 Å². The molecule has 1 saturated heterocycles. The van der Waals surface area contributed by atoms with Crippen molar-refractivity contribution in [3.8, 4) is 0 Å². The van der Waals surface area contributed by atoms with E-state index in [0.29, 0.717) is 13.1 Å². The van der Waals surface area contributed by atoms with Crippen LogP contribution in [0.2, 0.25) is 0 Å². The lowest BCUT2D eigenvalue weighted by atomic mass is 10.0. The molecular formula is C16H24FN3O. The van der Waals surface area contributed by atoms with Gasteiger partial charge in [0.2, 0.25) is 5.91 Å². The lowest BCUT2D eigenvalue weighted by molar-refractivity contribution is -0.137. The second-order valence-electron chi connectivity index (χ2n) is 5.91. The first kappa shape index (κ1) is 15.8. The van der Waals surface area contributed by atoms with E-state index < -0.39 is 5.54 Å². The highest BCUT2D eigenvalue weighted by Gasteiger charge is 2.32. The molecule has 0 spiro atoms. The minimum absolute atomic E-state index is 0.142. The summed E-state index contributed by atoms with van der Waals surface area (Å²) in [5, 5.41) is 3.22. The van der Waals surface area contributed by atoms with E-state index in [1.165, 1.54) is 12.1 Å². The molecule has 0 saturated carbocycles. The number of hydrogen-bond acceptors (Lipinski definition) is 3. The zero-order chi connectivity index (χ0) is 15.5. The van der Waals surface area contributed by atoms with Crippen molar-refractivity contribution in [2.24, 2.45) is 0 Å². The molecule has 1 fully saturated rings. The molecule has 0 aromatic heterocycles. The number of nitrogens with zero attached hydrogens (tertiary/aromatic N) is 2. The second-order valence-corrected chi connectivity index (χ2v) is 5.91. The number of nitrogens with one attached hydrogen (secondary N) is 1. The molecule has 1 heterocycles. The van der Waals surface area contributed by atoms with Gasteiger partial charge in [0.25, 0.3) is 0 Å². The molecule has 0 atom stereocenters. The third kappa shape index (κ3) is 3.73. The van der Waals surface area contributed by atoms with Crippen LogP contribution < -0.4 is 10.2 Å². The fourth-order valence-corrected chi connectivity index (χ4v) is 2.73. The van der Waals surface area contributed by atoms with Crippen molar-refractivity contribution in [1.82, 2.24) is 10.2 Å². The van der Waals surface area contributed by atoms with Gasteiger partial charge in [0.05, 0.1) is 5.54 Å². The number of carbonyl (C=O) groups is 1. The lowest BCUT2D eigenvalue weighted by Gasteiger charge is -2.39. The van der Waals surface area contributed by atoms with Crippen LogP contribution in [0, 0.1) is 5.82 Å². The Bertz CT molecular complexity index is 479. The Morgan fingerprint density at radius 2 is 1.76 bits per heavy atom. The van der Waals surface area contributed by atoms with E-state index in [9.17, 15) is 9.18 Å². The number of anilines is 1. The van der Waals surface area contributed by atoms with Gasteiger partial charge < -0.3 is 15.1 Å². The highest BCUT2D eigenvalue weighted by atomic mass is 19.1. The van der Waals surface area contributed by atoms with Gasteiger partial charge in [-0.15, -0.1) is 0 Å². The van der Waals surface area contributed by atoms with Gasteiger partial charge in [0.1, 0.15) is 5.82 Å². The first-order chi connectivity index (χ1) is 9.94. The van der Waals surface area contributed by atoms with E-state index in [-0.39, 0.29) is 11.7 Å². The zero-order valence-corrected chi connectivity index (χ0v) is 13.0. The van der Waals surface area contributed by atoms with E-state index in [4.69, 9.17) is 0 Å². The molecule has 1 amide bonds. The Morgan fingerprint density at radius 1 is 1.19 bits per heavy atom. The minimum atomic E-state index is -0.521. The summed E-state index contributed by atoms with van der Waals surface area (Å²) in [6.07, 6.45) is 0. The summed E-state index contributed by atoms with van der Waals surface area (Å²) in [6.45, 7) is 9.57. The van der Waals surface area contributed by atoms with Gasteiger partial charge in [-0.1, -0.05) is 6.92 Å². The molecule has 1 aliphatic heterocycles. The predicted octanol–water partition coefficient (Wildman–Crippen LogP) is 1.86. The van der Waals surface area contributed by atoms with Crippen LogP contribution in [0.4, 0.5) is 10.1 Å². The van der Waals surface area contributed by atoms with Crippen molar-refractivity contribution in [3.63, 3.8) is 0 Å². The van der Waals surface area contributed by atoms with Crippen LogP contribution in [0.1, 0.15) is 20.8 Å². The van der Waals surface area contributed by atoms with Crippen LogP contribution >= 0.6 is 0 Å². The van der Waals surface area contributed by atoms with Crippen molar-refractivity contribution in [1.29, 1.82) is 0 Å². The van der Waals surface area contributed by atoms with Crippen molar-refractivity contribution >= 4 is 11.6 Å². The Labute approximate surface area is 125 Å². The number of halogens is 1. The van der Waals surface area contributed by atoms with Crippen LogP contribution in [-0.2, 0) is 4.79 Å². The van der Waals surface area contributed by atoms with Crippen LogP contribution in [-0.4, -0.2) is 49.1 Å². The first-order valence-corrected chi connectivity index (χ1v) is 7.49. The molecule has 0 aliphatic carbocycles. The van der Waals surface area contributed by atoms with Gasteiger partial charge in [0, 0.05) is 31.9 Å². The van der Waals surface area contributed by atoms with E-state index in [1.54, 1.807) is 12.1 Å². The lowest BCUT2D eigenvalue weighted by Crippen LogP contribution is -2.58. The number of benzene rings is 1. The molecule has 0 bridgehead atoms. The van der Waals surface area contributed by atoms with Crippen LogP contribution in [0.3, 0.4) is 0 Å². The minimum Gasteiger partial charge on any atom is -0.368 e. The third-order valence-corrected chi connectivity index (χ3v) is 3.91. The van der Waals surface area contributed by atoms with Crippen molar-refractivity contribution in [3.05, 3.63) is 30.1 Å². The summed E-state index contributed by atoms with van der Waals surface area (Å²) in [7, 11) is 0. The largest absolute Gasteiger partial charge is 0.368 e. The molecule has 1 aromatic carbocycles. The number of hydrogen-bond donors (Lipinski definition) is 1. The van der Waals surface area contributed by atoms with Gasteiger partial charge in [-0.25, -0.2) is 4.39 Å². The summed E-state index contributed by atoms with van der Waals surface area (Å²) < 4.78 is 12.9. The number of amides is 1. The summed E-state index contributed by atoms with van der Waals surface area (Å²) in [5.74, 6) is -0.0805. The number of piperazine rings is 1. The predicted molar refractivity (Wildman–Crippen MR) is 82.9 cm³/mol. The van der Waals surface area contributed by atoms with Gasteiger partial charge in [-0.3, -0.25) is 4.79 Å². The monoisotopic (exact) mass is 293 g/mol. The van der Waals surface area contributed by atoms with Crippen molar-refractivity contribution in [2.45, 2.75) is 26.3 Å². The average Bonchev–Trinajstić information content (AvgIpc) is 2.47.